The van der Waals surface area contributed by atoms with Gasteiger partial charge in [-0.05, 0) is 49.7 Å². The van der Waals surface area contributed by atoms with E-state index in [0.717, 1.165) is 22.6 Å². The number of anilines is 3. The Kier molecular flexibility index (Phi) is 4.99. The normalized spacial score (nSPS) is 11.3. The van der Waals surface area contributed by atoms with Crippen molar-refractivity contribution in [2.45, 2.75) is 18.1 Å². The third-order valence-electron chi connectivity index (χ3n) is 3.47. The van der Waals surface area contributed by atoms with Gasteiger partial charge in [-0.2, -0.15) is 0 Å². The first kappa shape index (κ1) is 17.7. The Morgan fingerprint density at radius 3 is 2.48 bits per heavy atom. The molecular formula is C17H16ClN3O2S2. The Bertz CT molecular complexity index is 999. The molecular weight excluding hydrogens is 378 g/mol. The Morgan fingerprint density at radius 1 is 1.08 bits per heavy atom. The zero-order chi connectivity index (χ0) is 18.0. The SMILES string of the molecule is Cc1ccc(Nc2ccc(NS(=O)(=O)c3ccc(Cl)s3)cn2)c(C)c1. The van der Waals surface area contributed by atoms with Crippen molar-refractivity contribution >= 4 is 50.2 Å². The molecule has 0 aliphatic rings. The van der Waals surface area contributed by atoms with Gasteiger partial charge >= 0.3 is 0 Å². The molecule has 0 radical (unpaired) electrons. The number of halogens is 1. The van der Waals surface area contributed by atoms with Crippen LogP contribution in [0, 0.1) is 13.8 Å². The van der Waals surface area contributed by atoms with Crippen molar-refractivity contribution in [1.29, 1.82) is 0 Å². The van der Waals surface area contributed by atoms with Crippen molar-refractivity contribution in [3.63, 3.8) is 0 Å². The van der Waals surface area contributed by atoms with E-state index in [1.807, 2.05) is 26.0 Å². The zero-order valence-electron chi connectivity index (χ0n) is 13.6. The van der Waals surface area contributed by atoms with Gasteiger partial charge in [0.05, 0.1) is 16.2 Å². The van der Waals surface area contributed by atoms with Gasteiger partial charge in [-0.25, -0.2) is 13.4 Å². The van der Waals surface area contributed by atoms with Crippen LogP contribution in [0.2, 0.25) is 4.34 Å². The standard InChI is InChI=1S/C17H16ClN3O2S2/c1-11-3-5-14(12(2)9-11)20-16-7-4-13(10-19-16)21-25(22,23)17-8-6-15(18)24-17/h3-10,21H,1-2H3,(H,19,20). The van der Waals surface area contributed by atoms with Crippen LogP contribution in [-0.4, -0.2) is 13.4 Å². The molecule has 0 bridgehead atoms. The van der Waals surface area contributed by atoms with Gasteiger partial charge in [0, 0.05) is 5.69 Å². The van der Waals surface area contributed by atoms with Crippen molar-refractivity contribution in [2.75, 3.05) is 10.0 Å². The molecule has 0 aliphatic heterocycles. The number of rotatable bonds is 5. The quantitative estimate of drug-likeness (QED) is 0.642. The molecule has 0 unspecified atom stereocenters. The largest absolute Gasteiger partial charge is 0.340 e. The summed E-state index contributed by atoms with van der Waals surface area (Å²) in [7, 11) is -3.65. The summed E-state index contributed by atoms with van der Waals surface area (Å²) in [6.07, 6.45) is 1.47. The van der Waals surface area contributed by atoms with Crippen LogP contribution in [0.4, 0.5) is 17.2 Å². The molecule has 8 heteroatoms. The molecule has 0 fully saturated rings. The van der Waals surface area contributed by atoms with Gasteiger partial charge in [0.25, 0.3) is 10.0 Å². The summed E-state index contributed by atoms with van der Waals surface area (Å²) in [6, 6.07) is 12.5. The highest BCUT2D eigenvalue weighted by Crippen LogP contribution is 2.27. The number of nitrogens with one attached hydrogen (secondary N) is 2. The molecule has 0 saturated heterocycles. The van der Waals surface area contributed by atoms with Crippen LogP contribution in [0.1, 0.15) is 11.1 Å². The van der Waals surface area contributed by atoms with Crippen LogP contribution in [0.3, 0.4) is 0 Å². The molecule has 0 spiro atoms. The molecule has 2 N–H and O–H groups in total. The molecule has 0 atom stereocenters. The highest BCUT2D eigenvalue weighted by atomic mass is 35.5. The van der Waals surface area contributed by atoms with Crippen molar-refractivity contribution in [3.05, 3.63) is 64.1 Å². The second-order valence-electron chi connectivity index (χ2n) is 5.54. The van der Waals surface area contributed by atoms with E-state index in [0.29, 0.717) is 15.8 Å². The maximum atomic E-state index is 12.3. The third kappa shape index (κ3) is 4.31. The maximum absolute atomic E-state index is 12.3. The van der Waals surface area contributed by atoms with Crippen LogP contribution in [-0.2, 0) is 10.0 Å². The number of sulfonamides is 1. The number of thiophene rings is 1. The van der Waals surface area contributed by atoms with Crippen LogP contribution in [0.15, 0.2) is 52.9 Å². The summed E-state index contributed by atoms with van der Waals surface area (Å²) >= 11 is 6.80. The molecule has 5 nitrogen and oxygen atoms in total. The Balaban J connectivity index is 1.74. The van der Waals surface area contributed by atoms with Crippen molar-refractivity contribution < 1.29 is 8.42 Å². The first-order valence-electron chi connectivity index (χ1n) is 7.42. The fourth-order valence-corrected chi connectivity index (χ4v) is 4.79. The summed E-state index contributed by atoms with van der Waals surface area (Å²) in [5.74, 6) is 0.633. The number of hydrogen-bond acceptors (Lipinski definition) is 5. The van der Waals surface area contributed by atoms with Gasteiger partial charge in [-0.1, -0.05) is 29.3 Å². The minimum absolute atomic E-state index is 0.162. The fraction of sp³-hybridized carbons (Fsp3) is 0.118. The Labute approximate surface area is 155 Å². The van der Waals surface area contributed by atoms with Crippen LogP contribution < -0.4 is 10.0 Å². The maximum Gasteiger partial charge on any atom is 0.271 e. The zero-order valence-corrected chi connectivity index (χ0v) is 16.0. The molecule has 0 amide bonds. The average molecular weight is 394 g/mol. The van der Waals surface area contributed by atoms with Gasteiger partial charge in [0.15, 0.2) is 0 Å². The van der Waals surface area contributed by atoms with Gasteiger partial charge in [0.1, 0.15) is 10.0 Å². The predicted octanol–water partition coefficient (Wildman–Crippen LogP) is 4.96. The first-order valence-corrected chi connectivity index (χ1v) is 10.1. The Hall–Kier alpha value is -2.09. The van der Waals surface area contributed by atoms with E-state index in [1.54, 1.807) is 18.2 Å². The second-order valence-corrected chi connectivity index (χ2v) is 9.16. The lowest BCUT2D eigenvalue weighted by atomic mass is 10.1. The smallest absolute Gasteiger partial charge is 0.271 e. The van der Waals surface area contributed by atoms with E-state index in [2.05, 4.69) is 21.1 Å². The minimum atomic E-state index is -3.65. The van der Waals surface area contributed by atoms with Crippen LogP contribution in [0.25, 0.3) is 0 Å². The topological polar surface area (TPSA) is 71.1 Å². The number of aryl methyl sites for hydroxylation is 2. The summed E-state index contributed by atoms with van der Waals surface area (Å²) in [4.78, 5) is 4.26. The van der Waals surface area contributed by atoms with Gasteiger partial charge in [0.2, 0.25) is 0 Å². The lowest BCUT2D eigenvalue weighted by Crippen LogP contribution is -2.11. The number of hydrogen-bond donors (Lipinski definition) is 2. The number of nitrogens with zero attached hydrogens (tertiary/aromatic N) is 1. The number of pyridine rings is 1. The highest BCUT2D eigenvalue weighted by Gasteiger charge is 2.16. The van der Waals surface area contributed by atoms with Gasteiger partial charge < -0.3 is 5.32 Å². The molecule has 25 heavy (non-hydrogen) atoms. The van der Waals surface area contributed by atoms with E-state index >= 15 is 0 Å². The summed E-state index contributed by atoms with van der Waals surface area (Å²) in [5.41, 5.74) is 3.64. The molecule has 0 saturated carbocycles. The molecule has 3 rings (SSSR count). The van der Waals surface area contributed by atoms with E-state index < -0.39 is 10.0 Å². The van der Waals surface area contributed by atoms with Crippen LogP contribution in [0.5, 0.6) is 0 Å². The molecule has 1 aromatic carbocycles. The fourth-order valence-electron chi connectivity index (χ4n) is 2.27. The van der Waals surface area contributed by atoms with Crippen molar-refractivity contribution in [1.82, 2.24) is 4.98 Å². The summed E-state index contributed by atoms with van der Waals surface area (Å²) < 4.78 is 27.6. The lowest BCUT2D eigenvalue weighted by molar-refractivity contribution is 0.603. The number of benzene rings is 1. The van der Waals surface area contributed by atoms with E-state index in [-0.39, 0.29) is 4.21 Å². The van der Waals surface area contributed by atoms with E-state index in [4.69, 9.17) is 11.6 Å². The first-order chi connectivity index (χ1) is 11.8. The molecule has 2 aromatic heterocycles. The minimum Gasteiger partial charge on any atom is -0.340 e. The number of aromatic nitrogens is 1. The highest BCUT2D eigenvalue weighted by molar-refractivity contribution is 7.94. The van der Waals surface area contributed by atoms with Gasteiger partial charge in [-0.15, -0.1) is 11.3 Å². The predicted molar refractivity (Wildman–Crippen MR) is 104 cm³/mol. The van der Waals surface area contributed by atoms with Crippen molar-refractivity contribution in [3.8, 4) is 0 Å². The molecule has 3 aromatic rings. The Morgan fingerprint density at radius 2 is 1.88 bits per heavy atom. The molecule has 0 aliphatic carbocycles. The average Bonchev–Trinajstić information content (AvgIpc) is 2.99. The second kappa shape index (κ2) is 7.03. The summed E-state index contributed by atoms with van der Waals surface area (Å²) in [5, 5.41) is 3.22. The van der Waals surface area contributed by atoms with E-state index in [1.165, 1.54) is 17.8 Å². The summed E-state index contributed by atoms with van der Waals surface area (Å²) in [6.45, 7) is 4.06. The molecule has 2 heterocycles. The van der Waals surface area contributed by atoms with Crippen molar-refractivity contribution in [2.24, 2.45) is 0 Å². The lowest BCUT2D eigenvalue weighted by Gasteiger charge is -2.11. The van der Waals surface area contributed by atoms with Crippen LogP contribution >= 0.6 is 22.9 Å². The molecule has 130 valence electrons. The van der Waals surface area contributed by atoms with E-state index in [9.17, 15) is 8.42 Å². The third-order valence-corrected chi connectivity index (χ3v) is 6.58. The monoisotopic (exact) mass is 393 g/mol. The van der Waals surface area contributed by atoms with Gasteiger partial charge in [-0.3, -0.25) is 4.72 Å².